The molecule has 104 valence electrons. The van der Waals surface area contributed by atoms with Gasteiger partial charge in [-0.3, -0.25) is 9.89 Å². The van der Waals surface area contributed by atoms with Gasteiger partial charge in [0, 0.05) is 24.8 Å². The number of aromatic amines is 1. The van der Waals surface area contributed by atoms with Crippen molar-refractivity contribution in [1.82, 2.24) is 15.5 Å². The molecule has 1 aromatic carbocycles. The molecule has 0 saturated heterocycles. The van der Waals surface area contributed by atoms with E-state index in [9.17, 15) is 4.79 Å². The number of aromatic nitrogens is 2. The number of anilines is 1. The average Bonchev–Trinajstić information content (AvgIpc) is 3.06. The molecule has 1 aromatic heterocycles. The Bertz CT molecular complexity index is 606. The molecule has 0 radical (unpaired) electrons. The number of aryl methyl sites for hydroxylation is 1. The molecule has 0 unspecified atom stereocenters. The maximum atomic E-state index is 12.1. The minimum Gasteiger partial charge on any atom is -0.373 e. The molecule has 5 heteroatoms. The molecule has 0 spiro atoms. The number of H-pyrrole nitrogens is 1. The zero-order valence-electron chi connectivity index (χ0n) is 11.4. The van der Waals surface area contributed by atoms with Crippen LogP contribution in [-0.4, -0.2) is 28.7 Å². The van der Waals surface area contributed by atoms with Crippen molar-refractivity contribution in [2.24, 2.45) is 0 Å². The number of carbonyl (C=O) groups excluding carboxylic acids is 1. The van der Waals surface area contributed by atoms with Crippen LogP contribution in [-0.2, 0) is 17.6 Å². The predicted octanol–water partition coefficient (Wildman–Crippen LogP) is 1.41. The molecule has 0 saturated carbocycles. The van der Waals surface area contributed by atoms with Crippen LogP contribution in [0, 0.1) is 6.92 Å². The molecule has 0 aliphatic carbocycles. The van der Waals surface area contributed by atoms with E-state index in [2.05, 4.69) is 39.9 Å². The van der Waals surface area contributed by atoms with Crippen LogP contribution >= 0.6 is 0 Å². The van der Waals surface area contributed by atoms with Crippen molar-refractivity contribution >= 4 is 11.6 Å². The van der Waals surface area contributed by atoms with Crippen LogP contribution in [0.25, 0.3) is 0 Å². The Morgan fingerprint density at radius 2 is 2.40 bits per heavy atom. The SMILES string of the molecule is Cc1ccc2c(c1)C[C@H](C(=O)NCCc1cn[nH]c1)N2. The molecular weight excluding hydrogens is 252 g/mol. The summed E-state index contributed by atoms with van der Waals surface area (Å²) in [7, 11) is 0. The first kappa shape index (κ1) is 12.7. The molecule has 1 amide bonds. The molecule has 1 aliphatic rings. The van der Waals surface area contributed by atoms with E-state index in [-0.39, 0.29) is 11.9 Å². The van der Waals surface area contributed by atoms with Gasteiger partial charge in [-0.15, -0.1) is 0 Å². The molecule has 0 bridgehead atoms. The first-order valence-corrected chi connectivity index (χ1v) is 6.84. The number of hydrogen-bond acceptors (Lipinski definition) is 3. The predicted molar refractivity (Wildman–Crippen MR) is 77.6 cm³/mol. The fourth-order valence-corrected chi connectivity index (χ4v) is 2.52. The number of hydrogen-bond donors (Lipinski definition) is 3. The third-order valence-corrected chi connectivity index (χ3v) is 3.60. The lowest BCUT2D eigenvalue weighted by Crippen LogP contribution is -2.39. The van der Waals surface area contributed by atoms with Gasteiger partial charge in [0.1, 0.15) is 6.04 Å². The summed E-state index contributed by atoms with van der Waals surface area (Å²) >= 11 is 0. The molecule has 5 nitrogen and oxygen atoms in total. The van der Waals surface area contributed by atoms with Gasteiger partial charge in [0.15, 0.2) is 0 Å². The van der Waals surface area contributed by atoms with E-state index in [0.717, 1.165) is 24.1 Å². The second kappa shape index (κ2) is 5.36. The number of benzene rings is 1. The van der Waals surface area contributed by atoms with Crippen molar-refractivity contribution in [1.29, 1.82) is 0 Å². The minimum absolute atomic E-state index is 0.0577. The molecule has 3 N–H and O–H groups in total. The summed E-state index contributed by atoms with van der Waals surface area (Å²) in [6.07, 6.45) is 5.17. The fourth-order valence-electron chi connectivity index (χ4n) is 2.52. The van der Waals surface area contributed by atoms with Crippen LogP contribution in [0.2, 0.25) is 0 Å². The molecule has 1 aliphatic heterocycles. The zero-order chi connectivity index (χ0) is 13.9. The van der Waals surface area contributed by atoms with Crippen molar-refractivity contribution in [3.8, 4) is 0 Å². The smallest absolute Gasteiger partial charge is 0.242 e. The Labute approximate surface area is 117 Å². The Morgan fingerprint density at radius 1 is 1.50 bits per heavy atom. The Kier molecular flexibility index (Phi) is 3.41. The molecule has 2 aromatic rings. The van der Waals surface area contributed by atoms with E-state index in [0.29, 0.717) is 6.54 Å². The van der Waals surface area contributed by atoms with Gasteiger partial charge in [0.25, 0.3) is 0 Å². The van der Waals surface area contributed by atoms with Gasteiger partial charge in [-0.05, 0) is 30.5 Å². The maximum absolute atomic E-state index is 12.1. The second-order valence-corrected chi connectivity index (χ2v) is 5.21. The monoisotopic (exact) mass is 270 g/mol. The third-order valence-electron chi connectivity index (χ3n) is 3.60. The van der Waals surface area contributed by atoms with Crippen molar-refractivity contribution in [2.45, 2.75) is 25.8 Å². The van der Waals surface area contributed by atoms with E-state index >= 15 is 0 Å². The summed E-state index contributed by atoms with van der Waals surface area (Å²) in [6, 6.07) is 6.09. The van der Waals surface area contributed by atoms with Crippen LogP contribution in [0.4, 0.5) is 5.69 Å². The molecule has 2 heterocycles. The number of nitrogens with one attached hydrogen (secondary N) is 3. The molecule has 1 atom stereocenters. The highest BCUT2D eigenvalue weighted by Crippen LogP contribution is 2.26. The third kappa shape index (κ3) is 2.66. The summed E-state index contributed by atoms with van der Waals surface area (Å²) in [5.41, 5.74) is 4.63. The highest BCUT2D eigenvalue weighted by molar-refractivity contribution is 5.87. The van der Waals surface area contributed by atoms with E-state index in [1.54, 1.807) is 6.20 Å². The fraction of sp³-hybridized carbons (Fsp3) is 0.333. The molecule has 0 fully saturated rings. The lowest BCUT2D eigenvalue weighted by Gasteiger charge is -2.11. The highest BCUT2D eigenvalue weighted by Gasteiger charge is 2.26. The Morgan fingerprint density at radius 3 is 3.20 bits per heavy atom. The second-order valence-electron chi connectivity index (χ2n) is 5.21. The first-order chi connectivity index (χ1) is 9.72. The number of carbonyl (C=O) groups is 1. The van der Waals surface area contributed by atoms with Crippen LogP contribution < -0.4 is 10.6 Å². The van der Waals surface area contributed by atoms with Gasteiger partial charge in [-0.2, -0.15) is 5.10 Å². The van der Waals surface area contributed by atoms with Crippen molar-refractivity contribution in [2.75, 3.05) is 11.9 Å². The largest absolute Gasteiger partial charge is 0.373 e. The van der Waals surface area contributed by atoms with Gasteiger partial charge in [-0.25, -0.2) is 0 Å². The lowest BCUT2D eigenvalue weighted by molar-refractivity contribution is -0.121. The summed E-state index contributed by atoms with van der Waals surface area (Å²) in [5.74, 6) is 0.0577. The number of nitrogens with zero attached hydrogens (tertiary/aromatic N) is 1. The van der Waals surface area contributed by atoms with Crippen molar-refractivity contribution < 1.29 is 4.79 Å². The summed E-state index contributed by atoms with van der Waals surface area (Å²) in [4.78, 5) is 12.1. The van der Waals surface area contributed by atoms with Gasteiger partial charge in [-0.1, -0.05) is 17.7 Å². The lowest BCUT2D eigenvalue weighted by atomic mass is 10.1. The van der Waals surface area contributed by atoms with E-state index in [1.807, 2.05) is 12.3 Å². The van der Waals surface area contributed by atoms with Crippen LogP contribution in [0.1, 0.15) is 16.7 Å². The first-order valence-electron chi connectivity index (χ1n) is 6.84. The van der Waals surface area contributed by atoms with E-state index in [4.69, 9.17) is 0 Å². The number of rotatable bonds is 4. The Balaban J connectivity index is 1.52. The maximum Gasteiger partial charge on any atom is 0.242 e. The number of fused-ring (bicyclic) bond motifs is 1. The van der Waals surface area contributed by atoms with Gasteiger partial charge in [0.05, 0.1) is 6.20 Å². The molecule has 20 heavy (non-hydrogen) atoms. The van der Waals surface area contributed by atoms with E-state index in [1.165, 1.54) is 11.1 Å². The number of amides is 1. The van der Waals surface area contributed by atoms with Crippen LogP contribution in [0.3, 0.4) is 0 Å². The topological polar surface area (TPSA) is 69.8 Å². The summed E-state index contributed by atoms with van der Waals surface area (Å²) < 4.78 is 0. The molecule has 3 rings (SSSR count). The van der Waals surface area contributed by atoms with Crippen LogP contribution in [0.5, 0.6) is 0 Å². The van der Waals surface area contributed by atoms with Gasteiger partial charge in [0.2, 0.25) is 5.91 Å². The van der Waals surface area contributed by atoms with Crippen molar-refractivity contribution in [3.05, 3.63) is 47.3 Å². The normalized spacial score (nSPS) is 16.6. The highest BCUT2D eigenvalue weighted by atomic mass is 16.2. The quantitative estimate of drug-likeness (QED) is 0.787. The standard InChI is InChI=1S/C15H18N4O/c1-10-2-3-13-12(6-10)7-14(19-13)15(20)16-5-4-11-8-17-18-9-11/h2-3,6,8-9,14,19H,4-5,7H2,1H3,(H,16,20)(H,17,18)/t14-/m1/s1. The van der Waals surface area contributed by atoms with E-state index < -0.39 is 0 Å². The van der Waals surface area contributed by atoms with Crippen molar-refractivity contribution in [3.63, 3.8) is 0 Å². The van der Waals surface area contributed by atoms with Crippen LogP contribution in [0.15, 0.2) is 30.6 Å². The Hall–Kier alpha value is -2.30. The van der Waals surface area contributed by atoms with Gasteiger partial charge >= 0.3 is 0 Å². The summed E-state index contributed by atoms with van der Waals surface area (Å²) in [6.45, 7) is 2.70. The summed E-state index contributed by atoms with van der Waals surface area (Å²) in [5, 5.41) is 12.9. The minimum atomic E-state index is -0.156. The average molecular weight is 270 g/mol. The molecular formula is C15H18N4O. The van der Waals surface area contributed by atoms with Gasteiger partial charge < -0.3 is 10.6 Å². The zero-order valence-corrected chi connectivity index (χ0v) is 11.4.